The molecule has 0 fully saturated rings. The third kappa shape index (κ3) is 4.31. The van der Waals surface area contributed by atoms with E-state index in [1.807, 2.05) is 6.07 Å². The van der Waals surface area contributed by atoms with Crippen LogP contribution in [0.3, 0.4) is 0 Å². The highest BCUT2D eigenvalue weighted by Gasteiger charge is 2.27. The first-order chi connectivity index (χ1) is 14.1. The van der Waals surface area contributed by atoms with Gasteiger partial charge in [0.15, 0.2) is 5.11 Å². The van der Waals surface area contributed by atoms with Gasteiger partial charge in [0.05, 0.1) is 17.6 Å². The van der Waals surface area contributed by atoms with E-state index in [2.05, 4.69) is 16.2 Å². The average molecular weight is 450 g/mol. The predicted molar refractivity (Wildman–Crippen MR) is 120 cm³/mol. The van der Waals surface area contributed by atoms with Crippen molar-refractivity contribution in [1.82, 2.24) is 10.9 Å². The fraction of sp³-hybridized carbons (Fsp3) is 0.450. The molecule has 2 aliphatic carbocycles. The molecule has 0 bridgehead atoms. The molecule has 9 heteroatoms. The summed E-state index contributed by atoms with van der Waals surface area (Å²) in [4.78, 5) is 27.9. The Hall–Kier alpha value is -1.97. The molecule has 2 aromatic rings. The Balaban J connectivity index is 1.38. The highest BCUT2D eigenvalue weighted by Crippen LogP contribution is 2.39. The molecule has 29 heavy (non-hydrogen) atoms. The zero-order valence-corrected chi connectivity index (χ0v) is 18.6. The standard InChI is InChI=1S/C20H23N3O3S3/c1-26-19(25)16-12-7-5-9-14(12)29-18(16)21-20(27)23-22-17(24)15-10-11-6-3-2-4-8-13(11)28-15/h10H,2-9H2,1H3,(H,22,24)(H2,21,23,27). The van der Waals surface area contributed by atoms with E-state index in [0.29, 0.717) is 15.4 Å². The monoisotopic (exact) mass is 449 g/mol. The molecule has 0 saturated carbocycles. The highest BCUT2D eigenvalue weighted by molar-refractivity contribution is 7.80. The number of thiophene rings is 2. The van der Waals surface area contributed by atoms with Gasteiger partial charge in [0.25, 0.3) is 5.91 Å². The summed E-state index contributed by atoms with van der Waals surface area (Å²) in [6.45, 7) is 0. The molecule has 1 amide bonds. The molecule has 0 aromatic carbocycles. The van der Waals surface area contributed by atoms with E-state index in [0.717, 1.165) is 37.7 Å². The third-order valence-electron chi connectivity index (χ3n) is 5.30. The van der Waals surface area contributed by atoms with Crippen molar-refractivity contribution in [2.45, 2.75) is 51.4 Å². The molecule has 3 N–H and O–H groups in total. The molecule has 0 unspecified atom stereocenters. The number of amides is 1. The number of carbonyl (C=O) groups is 2. The molecule has 0 atom stereocenters. The van der Waals surface area contributed by atoms with Gasteiger partial charge in [-0.05, 0) is 74.4 Å². The van der Waals surface area contributed by atoms with Crippen LogP contribution in [0.15, 0.2) is 6.07 Å². The van der Waals surface area contributed by atoms with Gasteiger partial charge in [-0.25, -0.2) is 4.79 Å². The van der Waals surface area contributed by atoms with Gasteiger partial charge in [-0.2, -0.15) is 0 Å². The van der Waals surface area contributed by atoms with Gasteiger partial charge in [-0.3, -0.25) is 15.6 Å². The van der Waals surface area contributed by atoms with Gasteiger partial charge < -0.3 is 10.1 Å². The quantitative estimate of drug-likeness (QED) is 0.285. The molecular formula is C20H23N3O3S3. The van der Waals surface area contributed by atoms with E-state index in [1.165, 1.54) is 53.0 Å². The number of esters is 1. The zero-order chi connectivity index (χ0) is 20.4. The van der Waals surface area contributed by atoms with E-state index in [1.54, 1.807) is 11.3 Å². The minimum Gasteiger partial charge on any atom is -0.465 e. The fourth-order valence-corrected chi connectivity index (χ4v) is 6.55. The van der Waals surface area contributed by atoms with Crippen LogP contribution in [0.4, 0.5) is 5.00 Å². The van der Waals surface area contributed by atoms with Crippen LogP contribution in [0.1, 0.15) is 66.6 Å². The number of aryl methyl sites for hydroxylation is 3. The summed E-state index contributed by atoms with van der Waals surface area (Å²) < 4.78 is 4.94. The van der Waals surface area contributed by atoms with E-state index in [-0.39, 0.29) is 17.0 Å². The van der Waals surface area contributed by atoms with Crippen molar-refractivity contribution in [1.29, 1.82) is 0 Å². The summed E-state index contributed by atoms with van der Waals surface area (Å²) in [6, 6.07) is 2.00. The van der Waals surface area contributed by atoms with Gasteiger partial charge >= 0.3 is 5.97 Å². The topological polar surface area (TPSA) is 79.5 Å². The number of carbonyl (C=O) groups excluding carboxylic acids is 2. The number of fused-ring (bicyclic) bond motifs is 2. The smallest absolute Gasteiger partial charge is 0.341 e. The molecule has 2 aromatic heterocycles. The van der Waals surface area contributed by atoms with Crippen molar-refractivity contribution >= 4 is 56.9 Å². The summed E-state index contributed by atoms with van der Waals surface area (Å²) in [7, 11) is 1.38. The lowest BCUT2D eigenvalue weighted by molar-refractivity contribution is 0.0601. The first-order valence-electron chi connectivity index (χ1n) is 9.78. The maximum absolute atomic E-state index is 12.5. The second-order valence-electron chi connectivity index (χ2n) is 7.21. The minimum atomic E-state index is -0.362. The van der Waals surface area contributed by atoms with E-state index in [9.17, 15) is 9.59 Å². The van der Waals surface area contributed by atoms with Gasteiger partial charge in [0.2, 0.25) is 0 Å². The number of rotatable bonds is 3. The van der Waals surface area contributed by atoms with Crippen molar-refractivity contribution < 1.29 is 14.3 Å². The lowest BCUT2D eigenvalue weighted by Crippen LogP contribution is -2.43. The summed E-state index contributed by atoms with van der Waals surface area (Å²) in [5, 5.41) is 3.95. The normalized spacial score (nSPS) is 15.1. The van der Waals surface area contributed by atoms with Crippen molar-refractivity contribution in [3.05, 3.63) is 37.4 Å². The van der Waals surface area contributed by atoms with Crippen LogP contribution < -0.4 is 16.2 Å². The van der Waals surface area contributed by atoms with Crippen LogP contribution in [-0.4, -0.2) is 24.1 Å². The first-order valence-corrected chi connectivity index (χ1v) is 11.8. The Morgan fingerprint density at radius 1 is 1.00 bits per heavy atom. The van der Waals surface area contributed by atoms with E-state index in [4.69, 9.17) is 17.0 Å². The number of nitrogens with one attached hydrogen (secondary N) is 3. The predicted octanol–water partition coefficient (Wildman–Crippen LogP) is 3.99. The van der Waals surface area contributed by atoms with Crippen LogP contribution >= 0.6 is 34.9 Å². The number of hydrazine groups is 1. The maximum Gasteiger partial charge on any atom is 0.341 e. The average Bonchev–Trinajstić information content (AvgIpc) is 3.36. The molecule has 154 valence electrons. The molecule has 6 nitrogen and oxygen atoms in total. The van der Waals surface area contributed by atoms with Gasteiger partial charge in [-0.1, -0.05) is 6.42 Å². The highest BCUT2D eigenvalue weighted by atomic mass is 32.1. The van der Waals surface area contributed by atoms with Gasteiger partial charge in [0.1, 0.15) is 5.00 Å². The van der Waals surface area contributed by atoms with E-state index >= 15 is 0 Å². The Kier molecular flexibility index (Phi) is 6.17. The second kappa shape index (κ2) is 8.81. The molecule has 2 heterocycles. The number of hydrogen-bond acceptors (Lipinski definition) is 6. The largest absolute Gasteiger partial charge is 0.465 e. The van der Waals surface area contributed by atoms with Crippen molar-refractivity contribution in [2.24, 2.45) is 0 Å². The third-order valence-corrected chi connectivity index (χ3v) is 7.95. The second-order valence-corrected chi connectivity index (χ2v) is 9.86. The molecule has 4 rings (SSSR count). The number of methoxy groups -OCH3 is 1. The number of anilines is 1. The van der Waals surface area contributed by atoms with E-state index < -0.39 is 0 Å². The summed E-state index contributed by atoms with van der Waals surface area (Å²) in [5.41, 5.74) is 8.33. The van der Waals surface area contributed by atoms with Crippen LogP contribution in [0.2, 0.25) is 0 Å². The number of thiocarbonyl (C=S) groups is 1. The Morgan fingerprint density at radius 3 is 2.62 bits per heavy atom. The minimum absolute atomic E-state index is 0.200. The van der Waals surface area contributed by atoms with Gasteiger partial charge in [-0.15, -0.1) is 22.7 Å². The zero-order valence-electron chi connectivity index (χ0n) is 16.2. The van der Waals surface area contributed by atoms with Crippen molar-refractivity contribution in [2.75, 3.05) is 12.4 Å². The molecule has 0 saturated heterocycles. The summed E-state index contributed by atoms with van der Waals surface area (Å²) in [6.07, 6.45) is 8.62. The summed E-state index contributed by atoms with van der Waals surface area (Å²) >= 11 is 8.40. The van der Waals surface area contributed by atoms with Crippen LogP contribution in [0.25, 0.3) is 0 Å². The number of hydrogen-bond donors (Lipinski definition) is 3. The van der Waals surface area contributed by atoms with Crippen molar-refractivity contribution in [3.63, 3.8) is 0 Å². The summed E-state index contributed by atoms with van der Waals surface area (Å²) in [5.74, 6) is -0.562. The number of ether oxygens (including phenoxy) is 1. The van der Waals surface area contributed by atoms with Crippen LogP contribution in [0.5, 0.6) is 0 Å². The molecular weight excluding hydrogens is 426 g/mol. The maximum atomic E-state index is 12.5. The van der Waals surface area contributed by atoms with Crippen LogP contribution in [-0.2, 0) is 30.4 Å². The molecule has 0 aliphatic heterocycles. The Bertz CT molecular complexity index is 940. The fourth-order valence-electron chi connectivity index (χ4n) is 3.90. The molecule has 0 spiro atoms. The van der Waals surface area contributed by atoms with Crippen LogP contribution in [0, 0.1) is 0 Å². The molecule has 2 aliphatic rings. The Morgan fingerprint density at radius 2 is 1.79 bits per heavy atom. The lowest BCUT2D eigenvalue weighted by Gasteiger charge is -2.11. The van der Waals surface area contributed by atoms with Crippen molar-refractivity contribution in [3.8, 4) is 0 Å². The SMILES string of the molecule is COC(=O)c1c(NC(=S)NNC(=O)c2cc3c(s2)CCCCC3)sc2c1CCC2. The Labute approximate surface area is 183 Å². The molecule has 0 radical (unpaired) electrons. The lowest BCUT2D eigenvalue weighted by atomic mass is 10.1. The first kappa shape index (κ1) is 20.3. The van der Waals surface area contributed by atoms with Gasteiger partial charge in [0, 0.05) is 9.75 Å².